The Morgan fingerprint density at radius 2 is 2.00 bits per heavy atom. The summed E-state index contributed by atoms with van der Waals surface area (Å²) in [4.78, 5) is 0. The number of allylic oxidation sites excluding steroid dienone is 1. The summed E-state index contributed by atoms with van der Waals surface area (Å²) in [6.07, 6.45) is 6.19. The predicted octanol–water partition coefficient (Wildman–Crippen LogP) is 2.09. The van der Waals surface area contributed by atoms with E-state index in [4.69, 9.17) is 5.21 Å². The lowest BCUT2D eigenvalue weighted by Crippen LogP contribution is -2.12. The summed E-state index contributed by atoms with van der Waals surface area (Å²) in [5.41, 5.74) is 0. The van der Waals surface area contributed by atoms with E-state index in [9.17, 15) is 0 Å². The standard InChI is InChI=1S/C7H15NO.ClH/c1-3-4-5-6-7-8(2)9;/h4-5,9H,3,6-7H2,1-2H3;1H. The van der Waals surface area contributed by atoms with Gasteiger partial charge >= 0.3 is 0 Å². The average Bonchev–Trinajstić information content (AvgIpc) is 1.80. The zero-order valence-corrected chi connectivity index (χ0v) is 7.40. The molecule has 0 heterocycles. The summed E-state index contributed by atoms with van der Waals surface area (Å²) < 4.78 is 0. The third-order valence-corrected chi connectivity index (χ3v) is 1.02. The van der Waals surface area contributed by atoms with E-state index in [1.165, 1.54) is 5.06 Å². The van der Waals surface area contributed by atoms with E-state index in [0.29, 0.717) is 0 Å². The Morgan fingerprint density at radius 1 is 1.40 bits per heavy atom. The molecule has 1 N–H and O–H groups in total. The summed E-state index contributed by atoms with van der Waals surface area (Å²) >= 11 is 0. The van der Waals surface area contributed by atoms with Gasteiger partial charge in [0.25, 0.3) is 0 Å². The molecule has 0 saturated carbocycles. The first-order valence-corrected chi connectivity index (χ1v) is 3.32. The van der Waals surface area contributed by atoms with Gasteiger partial charge in [0.15, 0.2) is 0 Å². The highest BCUT2D eigenvalue weighted by Crippen LogP contribution is 1.86. The van der Waals surface area contributed by atoms with Gasteiger partial charge in [-0.2, -0.15) is 5.06 Å². The van der Waals surface area contributed by atoms with E-state index in [1.54, 1.807) is 7.05 Å². The highest BCUT2D eigenvalue weighted by Gasteiger charge is 1.84. The number of hydroxylamine groups is 2. The van der Waals surface area contributed by atoms with Crippen molar-refractivity contribution in [3.63, 3.8) is 0 Å². The molecule has 2 nitrogen and oxygen atoms in total. The van der Waals surface area contributed by atoms with E-state index in [2.05, 4.69) is 19.1 Å². The van der Waals surface area contributed by atoms with Crippen LogP contribution in [0.4, 0.5) is 0 Å². The molecule has 0 amide bonds. The van der Waals surface area contributed by atoms with Crippen molar-refractivity contribution in [1.82, 2.24) is 5.06 Å². The summed E-state index contributed by atoms with van der Waals surface area (Å²) in [7, 11) is 1.65. The van der Waals surface area contributed by atoms with E-state index < -0.39 is 0 Å². The van der Waals surface area contributed by atoms with Crippen LogP contribution in [-0.2, 0) is 0 Å². The van der Waals surface area contributed by atoms with Gasteiger partial charge in [-0.05, 0) is 12.8 Å². The van der Waals surface area contributed by atoms with Crippen molar-refractivity contribution < 1.29 is 5.21 Å². The molecule has 0 fully saturated rings. The third kappa shape index (κ3) is 10.8. The van der Waals surface area contributed by atoms with E-state index in [0.717, 1.165) is 19.4 Å². The molecule has 0 aromatic rings. The molecule has 0 aromatic heterocycles. The maximum atomic E-state index is 8.65. The second kappa shape index (κ2) is 8.95. The fourth-order valence-corrected chi connectivity index (χ4v) is 0.546. The summed E-state index contributed by atoms with van der Waals surface area (Å²) in [5.74, 6) is 0. The minimum atomic E-state index is 0. The zero-order chi connectivity index (χ0) is 7.11. The lowest BCUT2D eigenvalue weighted by Gasteiger charge is -2.03. The highest BCUT2D eigenvalue weighted by atomic mass is 35.5. The van der Waals surface area contributed by atoms with E-state index >= 15 is 0 Å². The van der Waals surface area contributed by atoms with Crippen molar-refractivity contribution in [2.75, 3.05) is 13.6 Å². The monoisotopic (exact) mass is 165 g/mol. The van der Waals surface area contributed by atoms with Crippen molar-refractivity contribution >= 4 is 12.4 Å². The molecule has 0 rings (SSSR count). The quantitative estimate of drug-likeness (QED) is 0.510. The Kier molecular flexibility index (Phi) is 11.3. The minimum absolute atomic E-state index is 0. The zero-order valence-electron chi connectivity index (χ0n) is 6.58. The van der Waals surface area contributed by atoms with Crippen molar-refractivity contribution in [2.45, 2.75) is 19.8 Å². The lowest BCUT2D eigenvalue weighted by atomic mass is 10.3. The molecular formula is C7H16ClNO. The van der Waals surface area contributed by atoms with Crippen molar-refractivity contribution in [3.8, 4) is 0 Å². The molecule has 0 aliphatic carbocycles. The first kappa shape index (κ1) is 12.6. The maximum absolute atomic E-state index is 8.65. The second-order valence-corrected chi connectivity index (χ2v) is 2.05. The first-order chi connectivity index (χ1) is 4.27. The fraction of sp³-hybridized carbons (Fsp3) is 0.714. The number of halogens is 1. The van der Waals surface area contributed by atoms with Crippen LogP contribution in [-0.4, -0.2) is 23.9 Å². The Labute approximate surface area is 68.9 Å². The molecule has 0 bridgehead atoms. The molecule has 0 atom stereocenters. The minimum Gasteiger partial charge on any atom is -0.314 e. The molecular weight excluding hydrogens is 150 g/mol. The molecule has 0 saturated heterocycles. The molecule has 62 valence electrons. The van der Waals surface area contributed by atoms with Crippen molar-refractivity contribution in [2.24, 2.45) is 0 Å². The number of nitrogens with zero attached hydrogens (tertiary/aromatic N) is 1. The lowest BCUT2D eigenvalue weighted by molar-refractivity contribution is -0.0629. The van der Waals surface area contributed by atoms with Gasteiger partial charge in [-0.15, -0.1) is 12.4 Å². The Hall–Kier alpha value is -0.0500. The summed E-state index contributed by atoms with van der Waals surface area (Å²) in [5, 5.41) is 9.85. The van der Waals surface area contributed by atoms with Gasteiger partial charge in [0.2, 0.25) is 0 Å². The third-order valence-electron chi connectivity index (χ3n) is 1.02. The molecule has 0 aromatic carbocycles. The first-order valence-electron chi connectivity index (χ1n) is 3.32. The molecule has 10 heavy (non-hydrogen) atoms. The van der Waals surface area contributed by atoms with Crippen LogP contribution < -0.4 is 0 Å². The Morgan fingerprint density at radius 3 is 2.40 bits per heavy atom. The van der Waals surface area contributed by atoms with Crippen LogP contribution in [0.5, 0.6) is 0 Å². The van der Waals surface area contributed by atoms with Crippen molar-refractivity contribution in [3.05, 3.63) is 12.2 Å². The highest BCUT2D eigenvalue weighted by molar-refractivity contribution is 5.85. The SMILES string of the molecule is CCC=CCCN(C)O.Cl. The van der Waals surface area contributed by atoms with Crippen LogP contribution in [0.1, 0.15) is 19.8 Å². The number of hydrogen-bond acceptors (Lipinski definition) is 2. The van der Waals surface area contributed by atoms with Gasteiger partial charge in [-0.3, -0.25) is 0 Å². The average molecular weight is 166 g/mol. The fourth-order valence-electron chi connectivity index (χ4n) is 0.546. The van der Waals surface area contributed by atoms with Crippen LogP contribution in [0.2, 0.25) is 0 Å². The van der Waals surface area contributed by atoms with Gasteiger partial charge in [-0.1, -0.05) is 19.1 Å². The van der Waals surface area contributed by atoms with E-state index in [1.807, 2.05) is 0 Å². The number of hydrogen-bond donors (Lipinski definition) is 1. The van der Waals surface area contributed by atoms with Crippen molar-refractivity contribution in [1.29, 1.82) is 0 Å². The van der Waals surface area contributed by atoms with E-state index in [-0.39, 0.29) is 12.4 Å². The van der Waals surface area contributed by atoms with Crippen LogP contribution >= 0.6 is 12.4 Å². The van der Waals surface area contributed by atoms with Gasteiger partial charge in [0, 0.05) is 13.6 Å². The van der Waals surface area contributed by atoms with Crippen LogP contribution in [0.15, 0.2) is 12.2 Å². The smallest absolute Gasteiger partial charge is 0.0269 e. The summed E-state index contributed by atoms with van der Waals surface area (Å²) in [6.45, 7) is 2.82. The normalized spacial score (nSPS) is 10.4. The summed E-state index contributed by atoms with van der Waals surface area (Å²) in [6, 6.07) is 0. The Bertz CT molecular complexity index is 83.7. The number of rotatable bonds is 4. The maximum Gasteiger partial charge on any atom is 0.0269 e. The second-order valence-electron chi connectivity index (χ2n) is 2.05. The van der Waals surface area contributed by atoms with Gasteiger partial charge in [0.1, 0.15) is 0 Å². The molecule has 3 heteroatoms. The van der Waals surface area contributed by atoms with Crippen LogP contribution in [0.25, 0.3) is 0 Å². The molecule has 0 radical (unpaired) electrons. The van der Waals surface area contributed by atoms with Gasteiger partial charge < -0.3 is 5.21 Å². The molecule has 0 aliphatic heterocycles. The van der Waals surface area contributed by atoms with Crippen LogP contribution in [0, 0.1) is 0 Å². The molecule has 0 aliphatic rings. The molecule has 0 spiro atoms. The van der Waals surface area contributed by atoms with Gasteiger partial charge in [-0.25, -0.2) is 0 Å². The molecule has 0 unspecified atom stereocenters. The van der Waals surface area contributed by atoms with Gasteiger partial charge in [0.05, 0.1) is 0 Å². The largest absolute Gasteiger partial charge is 0.314 e. The van der Waals surface area contributed by atoms with Crippen LogP contribution in [0.3, 0.4) is 0 Å². The topological polar surface area (TPSA) is 23.5 Å². The Balaban J connectivity index is 0. The predicted molar refractivity (Wildman–Crippen MR) is 45.7 cm³/mol.